The standard InChI is InChI=1S/C15H17N3OS/c1-18-10-15(9-17-18)20-11-13-8-14(19-2)6-5-12(13)4-3-7-16/h5-6,8-10H,7,11,16H2,1-2H3. The minimum absolute atomic E-state index is 0.362. The molecular weight excluding hydrogens is 270 g/mol. The van der Waals surface area contributed by atoms with Crippen LogP contribution >= 0.6 is 11.8 Å². The number of ether oxygens (including phenoxy) is 1. The molecule has 5 heteroatoms. The van der Waals surface area contributed by atoms with E-state index < -0.39 is 0 Å². The van der Waals surface area contributed by atoms with Crippen LogP contribution in [0.15, 0.2) is 35.5 Å². The van der Waals surface area contributed by atoms with E-state index in [1.807, 2.05) is 37.6 Å². The molecule has 0 aliphatic rings. The average molecular weight is 287 g/mol. The van der Waals surface area contributed by atoms with Gasteiger partial charge in [-0.1, -0.05) is 11.8 Å². The number of benzene rings is 1. The third-order valence-electron chi connectivity index (χ3n) is 2.71. The van der Waals surface area contributed by atoms with Crippen LogP contribution < -0.4 is 10.5 Å². The number of nitrogens with zero attached hydrogens (tertiary/aromatic N) is 2. The number of hydrogen-bond acceptors (Lipinski definition) is 4. The van der Waals surface area contributed by atoms with Crippen LogP contribution in [-0.2, 0) is 12.8 Å². The van der Waals surface area contributed by atoms with Gasteiger partial charge in [0.2, 0.25) is 0 Å². The molecule has 0 amide bonds. The number of aromatic nitrogens is 2. The molecule has 1 heterocycles. The van der Waals surface area contributed by atoms with E-state index in [1.54, 1.807) is 23.6 Å². The fourth-order valence-corrected chi connectivity index (χ4v) is 2.63. The molecule has 20 heavy (non-hydrogen) atoms. The fourth-order valence-electron chi connectivity index (χ4n) is 1.72. The smallest absolute Gasteiger partial charge is 0.119 e. The molecule has 1 aromatic heterocycles. The zero-order valence-corrected chi connectivity index (χ0v) is 12.4. The summed E-state index contributed by atoms with van der Waals surface area (Å²) in [7, 11) is 3.58. The molecule has 0 saturated heterocycles. The van der Waals surface area contributed by atoms with Crippen LogP contribution in [0.5, 0.6) is 5.75 Å². The van der Waals surface area contributed by atoms with Gasteiger partial charge < -0.3 is 10.5 Å². The van der Waals surface area contributed by atoms with Gasteiger partial charge in [0.25, 0.3) is 0 Å². The molecule has 0 atom stereocenters. The summed E-state index contributed by atoms with van der Waals surface area (Å²) in [5, 5.41) is 4.16. The monoisotopic (exact) mass is 287 g/mol. The van der Waals surface area contributed by atoms with Crippen molar-refractivity contribution in [2.24, 2.45) is 12.8 Å². The van der Waals surface area contributed by atoms with Crippen molar-refractivity contribution in [3.63, 3.8) is 0 Å². The lowest BCUT2D eigenvalue weighted by Crippen LogP contribution is -1.95. The van der Waals surface area contributed by atoms with Crippen molar-refractivity contribution in [1.29, 1.82) is 0 Å². The lowest BCUT2D eigenvalue weighted by molar-refractivity contribution is 0.414. The molecule has 1 aromatic carbocycles. The Hall–Kier alpha value is -1.90. The molecule has 0 bridgehead atoms. The van der Waals surface area contributed by atoms with Crippen LogP contribution in [0.4, 0.5) is 0 Å². The normalized spacial score (nSPS) is 9.95. The van der Waals surface area contributed by atoms with Crippen LogP contribution in [0.25, 0.3) is 0 Å². The molecule has 104 valence electrons. The van der Waals surface area contributed by atoms with E-state index in [9.17, 15) is 0 Å². The first-order valence-electron chi connectivity index (χ1n) is 6.20. The highest BCUT2D eigenvalue weighted by molar-refractivity contribution is 7.98. The SMILES string of the molecule is COc1ccc(C#CCN)c(CSc2cnn(C)c2)c1. The molecular formula is C15H17N3OS. The van der Waals surface area contributed by atoms with Crippen molar-refractivity contribution in [2.45, 2.75) is 10.6 Å². The third-order valence-corrected chi connectivity index (χ3v) is 3.71. The molecule has 4 nitrogen and oxygen atoms in total. The second-order valence-electron chi connectivity index (χ2n) is 4.17. The summed E-state index contributed by atoms with van der Waals surface area (Å²) in [6, 6.07) is 5.91. The minimum atomic E-state index is 0.362. The van der Waals surface area contributed by atoms with Crippen molar-refractivity contribution in [1.82, 2.24) is 9.78 Å². The predicted molar refractivity (Wildman–Crippen MR) is 81.7 cm³/mol. The molecule has 0 radical (unpaired) electrons. The first-order chi connectivity index (χ1) is 9.72. The molecule has 2 rings (SSSR count). The quantitative estimate of drug-likeness (QED) is 0.690. The molecule has 2 N–H and O–H groups in total. The number of rotatable bonds is 4. The number of aryl methyl sites for hydroxylation is 1. The first kappa shape index (κ1) is 14.5. The Morgan fingerprint density at radius 1 is 1.45 bits per heavy atom. The largest absolute Gasteiger partial charge is 0.497 e. The van der Waals surface area contributed by atoms with Crippen molar-refractivity contribution in [3.05, 3.63) is 41.7 Å². The summed E-state index contributed by atoms with van der Waals surface area (Å²) in [6.45, 7) is 0.362. The number of methoxy groups -OCH3 is 1. The van der Waals surface area contributed by atoms with E-state index in [-0.39, 0.29) is 0 Å². The van der Waals surface area contributed by atoms with Gasteiger partial charge in [-0.05, 0) is 23.8 Å². The predicted octanol–water partition coefficient (Wildman–Crippen LogP) is 2.03. The maximum absolute atomic E-state index is 5.44. The Labute approximate surface area is 123 Å². The summed E-state index contributed by atoms with van der Waals surface area (Å²) in [6.07, 6.45) is 3.85. The minimum Gasteiger partial charge on any atom is -0.497 e. The molecule has 0 aliphatic carbocycles. The molecule has 2 aromatic rings. The Morgan fingerprint density at radius 2 is 2.30 bits per heavy atom. The van der Waals surface area contributed by atoms with E-state index >= 15 is 0 Å². The summed E-state index contributed by atoms with van der Waals surface area (Å²) >= 11 is 1.72. The van der Waals surface area contributed by atoms with Gasteiger partial charge in [-0.25, -0.2) is 0 Å². The van der Waals surface area contributed by atoms with Gasteiger partial charge in [-0.2, -0.15) is 5.10 Å². The number of thioether (sulfide) groups is 1. The van der Waals surface area contributed by atoms with Crippen LogP contribution in [0.2, 0.25) is 0 Å². The van der Waals surface area contributed by atoms with E-state index in [2.05, 4.69) is 16.9 Å². The molecule has 0 saturated carbocycles. The van der Waals surface area contributed by atoms with Gasteiger partial charge in [0.1, 0.15) is 5.75 Å². The third kappa shape index (κ3) is 3.80. The second-order valence-corrected chi connectivity index (χ2v) is 5.22. The Kier molecular flexibility index (Phi) is 5.10. The fraction of sp³-hybridized carbons (Fsp3) is 0.267. The highest BCUT2D eigenvalue weighted by Gasteiger charge is 2.05. The van der Waals surface area contributed by atoms with Gasteiger partial charge in [0, 0.05) is 29.5 Å². The van der Waals surface area contributed by atoms with Crippen molar-refractivity contribution < 1.29 is 4.74 Å². The van der Waals surface area contributed by atoms with Crippen molar-refractivity contribution in [3.8, 4) is 17.6 Å². The second kappa shape index (κ2) is 7.04. The van der Waals surface area contributed by atoms with Crippen molar-refractivity contribution >= 4 is 11.8 Å². The van der Waals surface area contributed by atoms with Crippen LogP contribution in [-0.4, -0.2) is 23.4 Å². The summed E-state index contributed by atoms with van der Waals surface area (Å²) in [5.41, 5.74) is 7.57. The zero-order valence-electron chi connectivity index (χ0n) is 11.6. The molecule has 0 spiro atoms. The summed E-state index contributed by atoms with van der Waals surface area (Å²) in [5.74, 6) is 7.65. The highest BCUT2D eigenvalue weighted by atomic mass is 32.2. The summed E-state index contributed by atoms with van der Waals surface area (Å²) in [4.78, 5) is 1.13. The molecule has 0 aliphatic heterocycles. The lowest BCUT2D eigenvalue weighted by atomic mass is 10.1. The van der Waals surface area contributed by atoms with E-state index in [4.69, 9.17) is 10.5 Å². The van der Waals surface area contributed by atoms with Gasteiger partial charge in [-0.3, -0.25) is 4.68 Å². The van der Waals surface area contributed by atoms with E-state index in [0.717, 1.165) is 27.5 Å². The maximum Gasteiger partial charge on any atom is 0.119 e. The lowest BCUT2D eigenvalue weighted by Gasteiger charge is -2.07. The molecule has 0 unspecified atom stereocenters. The molecule has 0 fully saturated rings. The zero-order chi connectivity index (χ0) is 14.4. The van der Waals surface area contributed by atoms with Crippen LogP contribution in [0, 0.1) is 11.8 Å². The highest BCUT2D eigenvalue weighted by Crippen LogP contribution is 2.26. The average Bonchev–Trinajstić information content (AvgIpc) is 2.89. The van der Waals surface area contributed by atoms with Crippen LogP contribution in [0.3, 0.4) is 0 Å². The van der Waals surface area contributed by atoms with E-state index in [1.165, 1.54) is 0 Å². The Bertz CT molecular complexity index is 640. The number of nitrogens with two attached hydrogens (primary N) is 1. The Morgan fingerprint density at radius 3 is 2.95 bits per heavy atom. The number of hydrogen-bond donors (Lipinski definition) is 1. The van der Waals surface area contributed by atoms with Gasteiger partial charge in [-0.15, -0.1) is 11.8 Å². The van der Waals surface area contributed by atoms with Gasteiger partial charge in [0.05, 0.1) is 19.9 Å². The van der Waals surface area contributed by atoms with Gasteiger partial charge in [0.15, 0.2) is 0 Å². The first-order valence-corrected chi connectivity index (χ1v) is 7.19. The Balaban J connectivity index is 2.18. The topological polar surface area (TPSA) is 53.1 Å². The van der Waals surface area contributed by atoms with Gasteiger partial charge >= 0.3 is 0 Å². The maximum atomic E-state index is 5.44. The summed E-state index contributed by atoms with van der Waals surface area (Å²) < 4.78 is 7.07. The van der Waals surface area contributed by atoms with Crippen LogP contribution in [0.1, 0.15) is 11.1 Å². The van der Waals surface area contributed by atoms with E-state index in [0.29, 0.717) is 6.54 Å². The van der Waals surface area contributed by atoms with Crippen molar-refractivity contribution in [2.75, 3.05) is 13.7 Å².